The molecule has 0 aliphatic carbocycles. The molecule has 1 saturated heterocycles. The van der Waals surface area contributed by atoms with Gasteiger partial charge < -0.3 is 15.7 Å². The van der Waals surface area contributed by atoms with Crippen LogP contribution in [-0.2, 0) is 0 Å². The Bertz CT molecular complexity index is 1420. The third kappa shape index (κ3) is 3.49. The van der Waals surface area contributed by atoms with E-state index >= 15 is 0 Å². The molecule has 1 aliphatic rings. The molecular weight excluding hydrogens is 422 g/mol. The summed E-state index contributed by atoms with van der Waals surface area (Å²) >= 11 is 0. The Morgan fingerprint density at radius 3 is 2.42 bits per heavy atom. The smallest absolute Gasteiger partial charge is 0.407 e. The van der Waals surface area contributed by atoms with Crippen LogP contribution < -0.4 is 11.4 Å². The molecule has 0 spiro atoms. The molecular formula is C23H23N7O3. The first-order valence-corrected chi connectivity index (χ1v) is 10.6. The number of fused-ring (bicyclic) bond motifs is 1. The van der Waals surface area contributed by atoms with Crippen molar-refractivity contribution >= 4 is 17.7 Å². The van der Waals surface area contributed by atoms with Crippen LogP contribution in [0, 0.1) is 13.8 Å². The number of carboxylic acid groups (broad SMARTS) is 1. The number of hydrogen-bond acceptors (Lipinski definition) is 6. The van der Waals surface area contributed by atoms with Crippen molar-refractivity contribution in [2.45, 2.75) is 26.3 Å². The number of nitrogens with two attached hydrogens (primary N) is 1. The van der Waals surface area contributed by atoms with E-state index in [0.29, 0.717) is 29.9 Å². The fraction of sp³-hybridized carbons (Fsp3) is 0.261. The molecule has 1 amide bonds. The lowest BCUT2D eigenvalue weighted by Gasteiger charge is -2.13. The van der Waals surface area contributed by atoms with Crippen molar-refractivity contribution in [3.8, 4) is 22.4 Å². The summed E-state index contributed by atoms with van der Waals surface area (Å²) in [7, 11) is 0. The number of rotatable bonds is 3. The number of aryl methyl sites for hydroxylation is 2. The van der Waals surface area contributed by atoms with Crippen LogP contribution in [0.15, 0.2) is 47.3 Å². The van der Waals surface area contributed by atoms with Crippen molar-refractivity contribution in [2.24, 2.45) is 0 Å². The van der Waals surface area contributed by atoms with Gasteiger partial charge in [0.15, 0.2) is 5.65 Å². The summed E-state index contributed by atoms with van der Waals surface area (Å²) in [5, 5.41) is 14.0. The van der Waals surface area contributed by atoms with Crippen LogP contribution in [0.1, 0.15) is 23.9 Å². The van der Waals surface area contributed by atoms with Gasteiger partial charge in [0, 0.05) is 30.0 Å². The quantitative estimate of drug-likeness (QED) is 0.495. The summed E-state index contributed by atoms with van der Waals surface area (Å²) < 4.78 is 2.64. The van der Waals surface area contributed by atoms with E-state index in [0.717, 1.165) is 22.5 Å². The Morgan fingerprint density at radius 1 is 1.09 bits per heavy atom. The Labute approximate surface area is 188 Å². The summed E-state index contributed by atoms with van der Waals surface area (Å²) in [5.41, 5.74) is 10.8. The third-order valence-electron chi connectivity index (χ3n) is 5.91. The largest absolute Gasteiger partial charge is 0.465 e. The van der Waals surface area contributed by atoms with Crippen LogP contribution in [0.2, 0.25) is 0 Å². The van der Waals surface area contributed by atoms with Crippen molar-refractivity contribution in [3.63, 3.8) is 0 Å². The zero-order valence-corrected chi connectivity index (χ0v) is 18.3. The number of likely N-dealkylation sites (tertiary alicyclic amines) is 1. The van der Waals surface area contributed by atoms with Gasteiger partial charge in [0.25, 0.3) is 0 Å². The highest BCUT2D eigenvalue weighted by atomic mass is 16.4. The first-order valence-electron chi connectivity index (χ1n) is 10.6. The van der Waals surface area contributed by atoms with Crippen molar-refractivity contribution in [3.05, 3.63) is 64.3 Å². The average molecular weight is 445 g/mol. The second-order valence-electron chi connectivity index (χ2n) is 8.26. The van der Waals surface area contributed by atoms with Crippen LogP contribution in [-0.4, -0.2) is 53.3 Å². The van der Waals surface area contributed by atoms with Gasteiger partial charge >= 0.3 is 11.8 Å². The normalized spacial score (nSPS) is 15.9. The maximum atomic E-state index is 13.3. The van der Waals surface area contributed by atoms with E-state index in [4.69, 9.17) is 5.73 Å². The maximum Gasteiger partial charge on any atom is 0.407 e. The first-order chi connectivity index (χ1) is 15.8. The highest BCUT2D eigenvalue weighted by Gasteiger charge is 2.31. The maximum absolute atomic E-state index is 13.3. The van der Waals surface area contributed by atoms with Gasteiger partial charge in [0.1, 0.15) is 0 Å². The fourth-order valence-corrected chi connectivity index (χ4v) is 4.48. The molecule has 1 atom stereocenters. The predicted octanol–water partition coefficient (Wildman–Crippen LogP) is 2.74. The molecule has 1 aliphatic heterocycles. The molecule has 168 valence electrons. The Morgan fingerprint density at radius 2 is 1.79 bits per heavy atom. The monoisotopic (exact) mass is 445 g/mol. The van der Waals surface area contributed by atoms with Gasteiger partial charge in [-0.15, -0.1) is 5.10 Å². The molecule has 0 radical (unpaired) electrons. The number of amides is 1. The predicted molar refractivity (Wildman–Crippen MR) is 123 cm³/mol. The van der Waals surface area contributed by atoms with Gasteiger partial charge in [-0.3, -0.25) is 4.98 Å². The lowest BCUT2D eigenvalue weighted by atomic mass is 9.99. The average Bonchev–Trinajstić information content (AvgIpc) is 3.39. The number of nitrogens with zero attached hydrogens (tertiary/aromatic N) is 6. The summed E-state index contributed by atoms with van der Waals surface area (Å²) in [6, 6.07) is 13.1. The summed E-state index contributed by atoms with van der Waals surface area (Å²) in [6.07, 6.45) is -0.511. The highest BCUT2D eigenvalue weighted by Crippen LogP contribution is 2.35. The van der Waals surface area contributed by atoms with Crippen molar-refractivity contribution in [1.29, 1.82) is 0 Å². The minimum absolute atomic E-state index is 0.0273. The zero-order valence-electron chi connectivity index (χ0n) is 18.3. The van der Waals surface area contributed by atoms with E-state index in [-0.39, 0.29) is 18.5 Å². The molecule has 4 heterocycles. The molecule has 3 aromatic heterocycles. The van der Waals surface area contributed by atoms with Gasteiger partial charge in [-0.25, -0.2) is 23.7 Å². The number of nitrogen functional groups attached to an aromatic ring is 1. The second-order valence-corrected chi connectivity index (χ2v) is 8.26. The van der Waals surface area contributed by atoms with Crippen LogP contribution in [0.3, 0.4) is 0 Å². The van der Waals surface area contributed by atoms with E-state index in [1.54, 1.807) is 0 Å². The van der Waals surface area contributed by atoms with E-state index in [1.165, 1.54) is 14.0 Å². The molecule has 1 aromatic carbocycles. The van der Waals surface area contributed by atoms with Crippen molar-refractivity contribution < 1.29 is 9.90 Å². The molecule has 4 aromatic rings. The van der Waals surface area contributed by atoms with Gasteiger partial charge in [0.2, 0.25) is 5.95 Å². The molecule has 3 N–H and O–H groups in total. The van der Waals surface area contributed by atoms with Crippen LogP contribution in [0.4, 0.5) is 10.7 Å². The Kier molecular flexibility index (Phi) is 4.85. The molecule has 10 heteroatoms. The van der Waals surface area contributed by atoms with Gasteiger partial charge in [-0.2, -0.15) is 0 Å². The first kappa shape index (κ1) is 20.7. The molecule has 1 fully saturated rings. The molecule has 0 bridgehead atoms. The number of aromatic nitrogens is 5. The molecule has 10 nitrogen and oxygen atoms in total. The van der Waals surface area contributed by atoms with Gasteiger partial charge in [0.05, 0.1) is 17.3 Å². The molecule has 0 saturated carbocycles. The minimum atomic E-state index is -1.01. The SMILES string of the molecule is Cc1cc(-c2c(-c3ccccc3)nc(N)n3c(=O)n(C4CCN(C(=O)O)C4)nc23)cc(C)n1. The number of hydrogen-bond donors (Lipinski definition) is 2. The topological polar surface area (TPSA) is 132 Å². The minimum Gasteiger partial charge on any atom is -0.465 e. The van der Waals surface area contributed by atoms with Crippen LogP contribution in [0.25, 0.3) is 28.0 Å². The van der Waals surface area contributed by atoms with Crippen molar-refractivity contribution in [2.75, 3.05) is 18.8 Å². The van der Waals surface area contributed by atoms with Gasteiger partial charge in [-0.05, 0) is 38.0 Å². The van der Waals surface area contributed by atoms with Gasteiger partial charge in [-0.1, -0.05) is 30.3 Å². The summed E-state index contributed by atoms with van der Waals surface area (Å²) in [5.74, 6) is 0.0273. The van der Waals surface area contributed by atoms with E-state index in [2.05, 4.69) is 15.1 Å². The van der Waals surface area contributed by atoms with Crippen LogP contribution >= 0.6 is 0 Å². The molecule has 1 unspecified atom stereocenters. The fourth-order valence-electron chi connectivity index (χ4n) is 4.48. The molecule has 5 rings (SSSR count). The lowest BCUT2D eigenvalue weighted by molar-refractivity contribution is 0.154. The summed E-state index contributed by atoms with van der Waals surface area (Å²) in [6.45, 7) is 4.36. The van der Waals surface area contributed by atoms with Crippen molar-refractivity contribution in [1.82, 2.24) is 29.0 Å². The third-order valence-corrected chi connectivity index (χ3v) is 5.91. The highest BCUT2D eigenvalue weighted by molar-refractivity contribution is 5.90. The van der Waals surface area contributed by atoms with E-state index in [1.807, 2.05) is 56.3 Å². The number of anilines is 1. The second kappa shape index (κ2) is 7.73. The summed E-state index contributed by atoms with van der Waals surface area (Å²) in [4.78, 5) is 35.1. The standard InChI is InChI=1S/C23H23N7O3/c1-13-10-16(11-14(2)25-13)18-19(15-6-4-3-5-7-15)26-21(24)29-20(18)27-30(22(29)31)17-8-9-28(12-17)23(32)33/h3-7,10-11,17H,8-9,12H2,1-2H3,(H2,24,26)(H,32,33). The zero-order chi connectivity index (χ0) is 23.3. The lowest BCUT2D eigenvalue weighted by Crippen LogP contribution is -2.31. The Balaban J connectivity index is 1.80. The number of benzene rings is 1. The molecule has 33 heavy (non-hydrogen) atoms. The van der Waals surface area contributed by atoms with E-state index in [9.17, 15) is 14.7 Å². The number of pyridine rings is 1. The van der Waals surface area contributed by atoms with Crippen LogP contribution in [0.5, 0.6) is 0 Å². The Hall–Kier alpha value is -4.21. The number of carbonyl (C=O) groups is 1. The van der Waals surface area contributed by atoms with E-state index < -0.39 is 11.8 Å².